The molecule has 1 saturated carbocycles. The van der Waals surface area contributed by atoms with E-state index in [0.29, 0.717) is 35.1 Å². The largest absolute Gasteiger partial charge is 0.433 e. The number of Topliss-reactive ketones (excluding diaryl/α,β-unsaturated/α-hetero) is 2. The summed E-state index contributed by atoms with van der Waals surface area (Å²) in [6.45, 7) is 16.9. The number of aromatic nitrogens is 5. The second-order valence-electron chi connectivity index (χ2n) is 16.2. The highest BCUT2D eigenvalue weighted by molar-refractivity contribution is 6.07. The van der Waals surface area contributed by atoms with Crippen LogP contribution < -0.4 is 0 Å². The fourth-order valence-electron chi connectivity index (χ4n) is 8.36. The number of hydrogen-bond donors (Lipinski definition) is 0. The molecular formula is C43H49F3N6O3. The number of benzene rings is 1. The summed E-state index contributed by atoms with van der Waals surface area (Å²) in [6.07, 6.45) is 8.40. The number of ketones is 2. The highest BCUT2D eigenvalue weighted by Gasteiger charge is 2.66. The summed E-state index contributed by atoms with van der Waals surface area (Å²) < 4.78 is 42.4. The van der Waals surface area contributed by atoms with Gasteiger partial charge in [0.15, 0.2) is 11.6 Å². The van der Waals surface area contributed by atoms with Crippen molar-refractivity contribution in [2.24, 2.45) is 10.8 Å². The highest BCUT2D eigenvalue weighted by atomic mass is 19.4. The van der Waals surface area contributed by atoms with Crippen LogP contribution in [-0.4, -0.2) is 59.2 Å². The van der Waals surface area contributed by atoms with Crippen molar-refractivity contribution in [1.29, 1.82) is 0 Å². The van der Waals surface area contributed by atoms with Crippen LogP contribution in [0, 0.1) is 24.7 Å². The van der Waals surface area contributed by atoms with E-state index in [1.165, 1.54) is 13.0 Å². The Bertz CT molecular complexity index is 2160. The maximum Gasteiger partial charge on any atom is 0.433 e. The molecule has 1 aromatic carbocycles. The number of amides is 1. The van der Waals surface area contributed by atoms with Crippen LogP contribution in [-0.2, 0) is 35.2 Å². The van der Waals surface area contributed by atoms with Gasteiger partial charge in [0, 0.05) is 36.3 Å². The zero-order valence-corrected chi connectivity index (χ0v) is 32.3. The maximum absolute atomic E-state index is 14.6. The molecular weight excluding hydrogens is 706 g/mol. The van der Waals surface area contributed by atoms with Crippen molar-refractivity contribution in [3.8, 4) is 11.1 Å². The molecule has 12 heteroatoms. The van der Waals surface area contributed by atoms with Gasteiger partial charge in [-0.25, -0.2) is 15.0 Å². The van der Waals surface area contributed by atoms with Crippen molar-refractivity contribution in [3.05, 3.63) is 96.0 Å². The van der Waals surface area contributed by atoms with Crippen molar-refractivity contribution >= 4 is 28.4 Å². The Morgan fingerprint density at radius 2 is 1.73 bits per heavy atom. The summed E-state index contributed by atoms with van der Waals surface area (Å²) in [5, 5.41) is 5.26. The second kappa shape index (κ2) is 15.3. The number of rotatable bonds is 16. The molecule has 1 amide bonds. The van der Waals surface area contributed by atoms with E-state index in [4.69, 9.17) is 0 Å². The Hall–Kier alpha value is -5.00. The predicted octanol–water partition coefficient (Wildman–Crippen LogP) is 8.79. The first kappa shape index (κ1) is 39.7. The van der Waals surface area contributed by atoms with Gasteiger partial charge in [0.2, 0.25) is 5.91 Å². The first-order valence-corrected chi connectivity index (χ1v) is 18.9. The SMILES string of the molecule is C=CCCC(C)(C)CCC[C@@]12C[C@@H](C(=O)Cc3nc(C(F)(F)F)ccc3C)N(C(=O)Cn3nc(C(C)=O)c4cc(-c5cnc(C)nc5)cc(CC=C)c43)[C@@H]1C2. The molecule has 1 aliphatic heterocycles. The lowest BCUT2D eigenvalue weighted by Crippen LogP contribution is -2.45. The number of carbonyl (C=O) groups excluding carboxylic acids is 3. The third kappa shape index (κ3) is 8.33. The van der Waals surface area contributed by atoms with Crippen molar-refractivity contribution in [1.82, 2.24) is 29.6 Å². The lowest BCUT2D eigenvalue weighted by atomic mass is 9.80. The fourth-order valence-corrected chi connectivity index (χ4v) is 8.36. The molecule has 0 radical (unpaired) electrons. The lowest BCUT2D eigenvalue weighted by molar-refractivity contribution is -0.141. The number of allylic oxidation sites excluding steroid dienone is 2. The van der Waals surface area contributed by atoms with Gasteiger partial charge in [0.25, 0.3) is 0 Å². The van der Waals surface area contributed by atoms with Crippen LogP contribution in [0.5, 0.6) is 0 Å². The zero-order valence-electron chi connectivity index (χ0n) is 32.3. The van der Waals surface area contributed by atoms with E-state index in [1.807, 2.05) is 18.2 Å². The highest BCUT2D eigenvalue weighted by Crippen LogP contribution is 2.63. The molecule has 3 aromatic heterocycles. The number of aryl methyl sites for hydroxylation is 2. The van der Waals surface area contributed by atoms with E-state index in [1.54, 1.807) is 41.9 Å². The van der Waals surface area contributed by atoms with E-state index >= 15 is 0 Å². The summed E-state index contributed by atoms with van der Waals surface area (Å²) in [6, 6.07) is 5.05. The Morgan fingerprint density at radius 3 is 2.38 bits per heavy atom. The van der Waals surface area contributed by atoms with Crippen LogP contribution in [0.1, 0.15) is 105 Å². The minimum Gasteiger partial charge on any atom is -0.327 e. The summed E-state index contributed by atoms with van der Waals surface area (Å²) in [5.74, 6) is -0.316. The van der Waals surface area contributed by atoms with Gasteiger partial charge in [-0.15, -0.1) is 13.2 Å². The Morgan fingerprint density at radius 1 is 1.00 bits per heavy atom. The molecule has 4 heterocycles. The van der Waals surface area contributed by atoms with Gasteiger partial charge >= 0.3 is 6.18 Å². The van der Waals surface area contributed by atoms with Gasteiger partial charge in [0.05, 0.1) is 23.7 Å². The van der Waals surface area contributed by atoms with E-state index in [-0.39, 0.29) is 58.7 Å². The van der Waals surface area contributed by atoms with Gasteiger partial charge in [-0.2, -0.15) is 18.3 Å². The molecule has 0 N–H and O–H groups in total. The van der Waals surface area contributed by atoms with E-state index in [0.717, 1.165) is 61.3 Å². The van der Waals surface area contributed by atoms with Gasteiger partial charge in [-0.05, 0) is 105 Å². The molecule has 9 nitrogen and oxygen atoms in total. The Kier molecular flexibility index (Phi) is 11.0. The quantitative estimate of drug-likeness (QED) is 0.0831. The van der Waals surface area contributed by atoms with Crippen LogP contribution in [0.15, 0.2) is 62.0 Å². The summed E-state index contributed by atoms with van der Waals surface area (Å²) in [5.41, 5.74) is 2.50. The fraction of sp³-hybridized carbons (Fsp3) is 0.465. The molecule has 1 aliphatic carbocycles. The monoisotopic (exact) mass is 754 g/mol. The van der Waals surface area contributed by atoms with Gasteiger partial charge in [0.1, 0.15) is 23.8 Å². The normalized spacial score (nSPS) is 19.4. The standard InChI is InChI=1S/C43H49F3N6O3/c1-8-10-15-41(6,7)16-11-17-42-21-34(35(54)20-33-26(3)13-14-36(49-33)43(44,45)46)52(37(42)22-42)38(55)25-51-40-29(12-9-2)18-30(31-23-47-28(5)48-24-31)19-32(40)39(50-51)27(4)53/h8-9,13-14,18-19,23-24,34,37H,1-2,10-12,15-17,20-22,25H2,3-7H3/t34-,37+,42-/m0/s1. The number of pyridine rings is 1. The molecule has 1 saturated heterocycles. The number of halogens is 3. The van der Waals surface area contributed by atoms with Crippen LogP contribution in [0.2, 0.25) is 0 Å². The third-order valence-corrected chi connectivity index (χ3v) is 11.5. The first-order chi connectivity index (χ1) is 26.0. The molecule has 3 atom stereocenters. The molecule has 55 heavy (non-hydrogen) atoms. The number of piperidine rings is 1. The zero-order chi connectivity index (χ0) is 39.9. The molecule has 0 unspecified atom stereocenters. The molecule has 290 valence electrons. The summed E-state index contributed by atoms with van der Waals surface area (Å²) in [4.78, 5) is 55.9. The molecule has 0 spiro atoms. The second-order valence-corrected chi connectivity index (χ2v) is 16.2. The van der Waals surface area contributed by atoms with Crippen LogP contribution >= 0.6 is 0 Å². The smallest absolute Gasteiger partial charge is 0.327 e. The van der Waals surface area contributed by atoms with Crippen LogP contribution in [0.25, 0.3) is 22.0 Å². The van der Waals surface area contributed by atoms with E-state index in [2.05, 4.69) is 47.1 Å². The maximum atomic E-state index is 14.6. The van der Waals surface area contributed by atoms with Crippen LogP contribution in [0.4, 0.5) is 13.2 Å². The summed E-state index contributed by atoms with van der Waals surface area (Å²) >= 11 is 0. The molecule has 2 fully saturated rings. The minimum absolute atomic E-state index is 0.0545. The molecule has 6 rings (SSSR count). The van der Waals surface area contributed by atoms with Crippen LogP contribution in [0.3, 0.4) is 0 Å². The number of fused-ring (bicyclic) bond motifs is 2. The van der Waals surface area contributed by atoms with Crippen molar-refractivity contribution in [3.63, 3.8) is 0 Å². The predicted molar refractivity (Wildman–Crippen MR) is 205 cm³/mol. The van der Waals surface area contributed by atoms with E-state index < -0.39 is 17.9 Å². The Labute approximate surface area is 320 Å². The topological polar surface area (TPSA) is 111 Å². The average molecular weight is 755 g/mol. The summed E-state index contributed by atoms with van der Waals surface area (Å²) in [7, 11) is 0. The average Bonchev–Trinajstić information content (AvgIpc) is 3.52. The van der Waals surface area contributed by atoms with Gasteiger partial charge in [-0.1, -0.05) is 38.5 Å². The number of carbonyl (C=O) groups is 3. The number of alkyl halides is 3. The number of likely N-dealkylation sites (tertiary alicyclic amines) is 1. The van der Waals surface area contributed by atoms with Crippen molar-refractivity contribution < 1.29 is 27.6 Å². The lowest BCUT2D eigenvalue weighted by Gasteiger charge is -2.27. The third-order valence-electron chi connectivity index (χ3n) is 11.5. The van der Waals surface area contributed by atoms with Crippen molar-refractivity contribution in [2.75, 3.05) is 0 Å². The van der Waals surface area contributed by atoms with Gasteiger partial charge in [-0.3, -0.25) is 19.1 Å². The van der Waals surface area contributed by atoms with Gasteiger partial charge < -0.3 is 4.90 Å². The molecule has 4 aromatic rings. The number of nitrogens with zero attached hydrogens (tertiary/aromatic N) is 6. The minimum atomic E-state index is -4.66. The first-order valence-electron chi connectivity index (χ1n) is 18.9. The van der Waals surface area contributed by atoms with Crippen molar-refractivity contribution in [2.45, 2.75) is 117 Å². The Balaban J connectivity index is 1.34. The van der Waals surface area contributed by atoms with E-state index in [9.17, 15) is 27.6 Å². The molecule has 0 bridgehead atoms. The molecule has 2 aliphatic rings. The number of hydrogen-bond acceptors (Lipinski definition) is 7.